The molecule has 0 radical (unpaired) electrons. The Balaban J connectivity index is 3.45. The van der Waals surface area contributed by atoms with Gasteiger partial charge in [0.1, 0.15) is 0 Å². The van der Waals surface area contributed by atoms with Gasteiger partial charge in [-0.1, -0.05) is 32.4 Å². The van der Waals surface area contributed by atoms with Crippen LogP contribution in [-0.2, 0) is 0 Å². The monoisotopic (exact) mass is 172 g/mol. The van der Waals surface area contributed by atoms with Crippen LogP contribution < -0.4 is 0 Å². The zero-order valence-corrected chi connectivity index (χ0v) is 8.93. The summed E-state index contributed by atoms with van der Waals surface area (Å²) in [4.78, 5) is 9.66. The molecule has 0 saturated heterocycles. The summed E-state index contributed by atoms with van der Waals surface area (Å²) in [6, 6.07) is 0.967. The first-order valence-electron chi connectivity index (χ1n) is 4.34. The lowest BCUT2D eigenvalue weighted by Gasteiger charge is -2.15. The Morgan fingerprint density at radius 1 is 1.55 bits per heavy atom. The van der Waals surface area contributed by atoms with E-state index in [2.05, 4.69) is 20.4 Å². The maximum absolute atomic E-state index is 9.66. The lowest BCUT2D eigenvalue weighted by Crippen LogP contribution is -2.26. The van der Waals surface area contributed by atoms with E-state index in [0.717, 1.165) is 18.4 Å². The molecular weight excluding hydrogens is 152 g/mol. The van der Waals surface area contributed by atoms with Crippen molar-refractivity contribution in [2.45, 2.75) is 39.3 Å². The van der Waals surface area contributed by atoms with Gasteiger partial charge in [-0.3, -0.25) is 0 Å². The van der Waals surface area contributed by atoms with Crippen LogP contribution in [0.1, 0.15) is 26.7 Å². The van der Waals surface area contributed by atoms with Crippen LogP contribution in [0.5, 0.6) is 0 Å². The van der Waals surface area contributed by atoms with Crippen molar-refractivity contribution < 1.29 is 4.80 Å². The lowest BCUT2D eigenvalue weighted by atomic mass is 10.1. The Bertz CT molecular complexity index is 119. The summed E-state index contributed by atoms with van der Waals surface area (Å²) in [6.45, 7) is 10.0. The van der Waals surface area contributed by atoms with Crippen LogP contribution in [0, 0.1) is 5.92 Å². The minimum absolute atomic E-state index is 0.754. The first-order valence-corrected chi connectivity index (χ1v) is 7.07. The standard InChI is InChI=1S/C9H20OSi/c1-5-11(4,10)8-6-7-9(2)3/h5,9-10H,1,6-8H2,2-4H3. The molecule has 66 valence electrons. The van der Waals surface area contributed by atoms with E-state index in [9.17, 15) is 4.80 Å². The third-order valence-corrected chi connectivity index (χ3v) is 4.15. The Labute approximate surface area is 71.3 Å². The molecule has 0 aliphatic heterocycles. The highest BCUT2D eigenvalue weighted by Crippen LogP contribution is 2.14. The molecule has 0 saturated carbocycles. The second kappa shape index (κ2) is 4.73. The van der Waals surface area contributed by atoms with Crippen LogP contribution in [-0.4, -0.2) is 13.1 Å². The Morgan fingerprint density at radius 2 is 2.09 bits per heavy atom. The van der Waals surface area contributed by atoms with Gasteiger partial charge >= 0.3 is 0 Å². The van der Waals surface area contributed by atoms with E-state index in [1.165, 1.54) is 6.42 Å². The molecule has 1 nitrogen and oxygen atoms in total. The van der Waals surface area contributed by atoms with Gasteiger partial charge in [-0.15, -0.1) is 6.58 Å². The van der Waals surface area contributed by atoms with Gasteiger partial charge in [-0.05, 0) is 18.5 Å². The molecule has 2 heteroatoms. The predicted octanol–water partition coefficient (Wildman–Crippen LogP) is 2.72. The van der Waals surface area contributed by atoms with E-state index in [4.69, 9.17) is 0 Å². The van der Waals surface area contributed by atoms with E-state index in [1.54, 1.807) is 5.70 Å². The van der Waals surface area contributed by atoms with Gasteiger partial charge in [-0.25, -0.2) is 0 Å². The number of rotatable bonds is 5. The zero-order chi connectivity index (χ0) is 8.91. The third kappa shape index (κ3) is 6.32. The second-order valence-electron chi connectivity index (χ2n) is 3.85. The topological polar surface area (TPSA) is 20.2 Å². The summed E-state index contributed by atoms with van der Waals surface area (Å²) < 4.78 is 0. The molecular formula is C9H20OSi. The Hall–Kier alpha value is -0.0831. The fourth-order valence-electron chi connectivity index (χ4n) is 0.970. The second-order valence-corrected chi connectivity index (χ2v) is 7.47. The molecule has 1 N–H and O–H groups in total. The molecule has 11 heavy (non-hydrogen) atoms. The zero-order valence-electron chi connectivity index (χ0n) is 7.93. The van der Waals surface area contributed by atoms with E-state index in [1.807, 2.05) is 6.55 Å². The van der Waals surface area contributed by atoms with E-state index < -0.39 is 8.32 Å². The smallest absolute Gasteiger partial charge is 0.209 e. The molecule has 0 heterocycles. The van der Waals surface area contributed by atoms with Crippen molar-refractivity contribution in [2.24, 2.45) is 5.92 Å². The largest absolute Gasteiger partial charge is 0.428 e. The average molecular weight is 172 g/mol. The van der Waals surface area contributed by atoms with Crippen LogP contribution in [0.15, 0.2) is 12.3 Å². The number of hydrogen-bond donors (Lipinski definition) is 1. The molecule has 0 bridgehead atoms. The quantitative estimate of drug-likeness (QED) is 0.632. The summed E-state index contributed by atoms with van der Waals surface area (Å²) in [6.07, 6.45) is 2.36. The maximum atomic E-state index is 9.66. The molecule has 0 amide bonds. The van der Waals surface area contributed by atoms with Gasteiger partial charge in [0.15, 0.2) is 0 Å². The summed E-state index contributed by atoms with van der Waals surface area (Å²) in [7, 11) is -1.98. The van der Waals surface area contributed by atoms with Crippen molar-refractivity contribution >= 4 is 8.32 Å². The highest BCUT2D eigenvalue weighted by Gasteiger charge is 2.18. The Kier molecular flexibility index (Phi) is 4.69. The van der Waals surface area contributed by atoms with E-state index in [0.29, 0.717) is 0 Å². The van der Waals surface area contributed by atoms with Crippen molar-refractivity contribution in [3.63, 3.8) is 0 Å². The van der Waals surface area contributed by atoms with Gasteiger partial charge < -0.3 is 4.80 Å². The van der Waals surface area contributed by atoms with Crippen LogP contribution in [0.2, 0.25) is 12.6 Å². The van der Waals surface area contributed by atoms with Crippen LogP contribution in [0.25, 0.3) is 0 Å². The molecule has 0 aliphatic rings. The summed E-state index contributed by atoms with van der Waals surface area (Å²) in [5, 5.41) is 0. The molecule has 0 aromatic rings. The molecule has 0 spiro atoms. The van der Waals surface area contributed by atoms with Crippen molar-refractivity contribution in [3.8, 4) is 0 Å². The molecule has 1 unspecified atom stereocenters. The van der Waals surface area contributed by atoms with Crippen molar-refractivity contribution in [3.05, 3.63) is 12.3 Å². The minimum Gasteiger partial charge on any atom is -0.428 e. The highest BCUT2D eigenvalue weighted by molar-refractivity contribution is 6.76. The van der Waals surface area contributed by atoms with Crippen LogP contribution >= 0.6 is 0 Å². The fourth-order valence-corrected chi connectivity index (χ4v) is 2.09. The summed E-state index contributed by atoms with van der Waals surface area (Å²) in [5.74, 6) is 0.754. The van der Waals surface area contributed by atoms with E-state index >= 15 is 0 Å². The fraction of sp³-hybridized carbons (Fsp3) is 0.778. The third-order valence-electron chi connectivity index (χ3n) is 1.90. The number of hydrogen-bond acceptors (Lipinski definition) is 1. The van der Waals surface area contributed by atoms with Gasteiger partial charge in [-0.2, -0.15) is 0 Å². The maximum Gasteiger partial charge on any atom is 0.209 e. The van der Waals surface area contributed by atoms with Gasteiger partial charge in [0.05, 0.1) is 0 Å². The van der Waals surface area contributed by atoms with Crippen molar-refractivity contribution in [1.82, 2.24) is 0 Å². The molecule has 0 aromatic heterocycles. The molecule has 0 aliphatic carbocycles. The first kappa shape index (κ1) is 10.9. The van der Waals surface area contributed by atoms with Gasteiger partial charge in [0.25, 0.3) is 0 Å². The van der Waals surface area contributed by atoms with Crippen LogP contribution in [0.4, 0.5) is 0 Å². The molecule has 1 atom stereocenters. The molecule has 0 fully saturated rings. The molecule has 0 aromatic carbocycles. The van der Waals surface area contributed by atoms with Gasteiger partial charge in [0.2, 0.25) is 8.32 Å². The Morgan fingerprint density at radius 3 is 2.45 bits per heavy atom. The lowest BCUT2D eigenvalue weighted by molar-refractivity contribution is 0.527. The molecule has 0 rings (SSSR count). The average Bonchev–Trinajstić information content (AvgIpc) is 1.87. The highest BCUT2D eigenvalue weighted by atomic mass is 28.4. The van der Waals surface area contributed by atoms with Crippen molar-refractivity contribution in [2.75, 3.05) is 0 Å². The minimum atomic E-state index is -1.98. The SMILES string of the molecule is C=C[Si](C)(O)CCCC(C)C. The predicted molar refractivity (Wildman–Crippen MR) is 52.9 cm³/mol. The van der Waals surface area contributed by atoms with Gasteiger partial charge in [0, 0.05) is 0 Å². The summed E-state index contributed by atoms with van der Waals surface area (Å²) >= 11 is 0. The summed E-state index contributed by atoms with van der Waals surface area (Å²) in [5.41, 5.74) is 1.76. The van der Waals surface area contributed by atoms with Crippen LogP contribution in [0.3, 0.4) is 0 Å². The van der Waals surface area contributed by atoms with E-state index in [-0.39, 0.29) is 0 Å². The normalized spacial score (nSPS) is 16.5. The van der Waals surface area contributed by atoms with Crippen molar-refractivity contribution in [1.29, 1.82) is 0 Å². The first-order chi connectivity index (χ1) is 4.98.